The summed E-state index contributed by atoms with van der Waals surface area (Å²) in [5.74, 6) is 0.352. The molecule has 2 N–H and O–H groups in total. The molecule has 0 aliphatic rings. The Kier molecular flexibility index (Phi) is 6.89. The quantitative estimate of drug-likeness (QED) is 0.424. The minimum absolute atomic E-state index is 0.352. The van der Waals surface area contributed by atoms with E-state index in [1.54, 1.807) is 48.5 Å². The predicted molar refractivity (Wildman–Crippen MR) is 102 cm³/mol. The number of hydrogen-bond donors (Lipinski definition) is 2. The molecule has 2 aromatic carbocycles. The van der Waals surface area contributed by atoms with Crippen LogP contribution in [-0.2, 0) is 0 Å². The summed E-state index contributed by atoms with van der Waals surface area (Å²) in [6.07, 6.45) is -1.79. The van der Waals surface area contributed by atoms with Crippen LogP contribution >= 0.6 is 62.3 Å². The van der Waals surface area contributed by atoms with Crippen molar-refractivity contribution in [2.75, 3.05) is 5.32 Å². The third-order valence-electron chi connectivity index (χ3n) is 2.77. The molecule has 1 unspecified atom stereocenters. The van der Waals surface area contributed by atoms with Crippen molar-refractivity contribution in [3.05, 3.63) is 58.0 Å². The molecule has 1 amide bonds. The fourth-order valence-corrected chi connectivity index (χ4v) is 2.39. The topological polar surface area (TPSA) is 50.4 Å². The van der Waals surface area contributed by atoms with Crippen LogP contribution in [-0.4, -0.2) is 16.1 Å². The number of ether oxygens (including phenoxy) is 1. The minimum Gasteiger partial charge on any atom is -0.410 e. The molecule has 0 aliphatic carbocycles. The van der Waals surface area contributed by atoms with Crippen molar-refractivity contribution in [3.8, 4) is 5.75 Å². The molecule has 0 saturated carbocycles. The lowest BCUT2D eigenvalue weighted by atomic mass is 10.3. The molecule has 128 valence electrons. The second-order valence-electron chi connectivity index (χ2n) is 4.61. The molecule has 24 heavy (non-hydrogen) atoms. The number of hydrogen-bond acceptors (Lipinski definition) is 3. The van der Waals surface area contributed by atoms with Gasteiger partial charge in [0.15, 0.2) is 0 Å². The Labute approximate surface area is 167 Å². The van der Waals surface area contributed by atoms with Crippen LogP contribution in [0.2, 0.25) is 5.02 Å². The minimum atomic E-state index is -1.81. The van der Waals surface area contributed by atoms with Gasteiger partial charge in [0, 0.05) is 15.2 Å². The van der Waals surface area contributed by atoms with Gasteiger partial charge in [0.1, 0.15) is 11.9 Å². The van der Waals surface area contributed by atoms with Gasteiger partial charge in [-0.1, -0.05) is 62.3 Å². The van der Waals surface area contributed by atoms with E-state index in [1.165, 1.54) is 0 Å². The summed E-state index contributed by atoms with van der Waals surface area (Å²) >= 11 is 26.9. The molecular formula is C15H11BrCl4N2O2. The Morgan fingerprint density at radius 1 is 1.04 bits per heavy atom. The molecule has 0 aromatic heterocycles. The largest absolute Gasteiger partial charge is 0.414 e. The van der Waals surface area contributed by atoms with E-state index in [2.05, 4.69) is 26.6 Å². The molecule has 9 heteroatoms. The van der Waals surface area contributed by atoms with Crippen LogP contribution in [0.25, 0.3) is 0 Å². The van der Waals surface area contributed by atoms with Gasteiger partial charge in [-0.3, -0.25) is 5.32 Å². The van der Waals surface area contributed by atoms with Gasteiger partial charge in [-0.2, -0.15) is 0 Å². The van der Waals surface area contributed by atoms with Gasteiger partial charge >= 0.3 is 6.09 Å². The number of anilines is 1. The average Bonchev–Trinajstić information content (AvgIpc) is 2.50. The van der Waals surface area contributed by atoms with Gasteiger partial charge in [-0.25, -0.2) is 4.79 Å². The normalized spacial score (nSPS) is 12.4. The number of carbonyl (C=O) groups excluding carboxylic acids is 1. The van der Waals surface area contributed by atoms with E-state index in [0.29, 0.717) is 16.5 Å². The SMILES string of the molecule is O=C(NC(Nc1ccc(Cl)cc1)C(Cl)(Cl)Cl)Oc1ccc(Br)cc1. The lowest BCUT2D eigenvalue weighted by molar-refractivity contribution is 0.197. The first-order chi connectivity index (χ1) is 11.2. The van der Waals surface area contributed by atoms with Crippen LogP contribution in [0, 0.1) is 0 Å². The number of nitrogens with one attached hydrogen (secondary N) is 2. The van der Waals surface area contributed by atoms with Crippen molar-refractivity contribution in [2.24, 2.45) is 0 Å². The molecule has 1 atom stereocenters. The molecule has 0 radical (unpaired) electrons. The molecule has 0 spiro atoms. The van der Waals surface area contributed by atoms with Crippen LogP contribution in [0.1, 0.15) is 0 Å². The Morgan fingerprint density at radius 2 is 1.62 bits per heavy atom. The maximum Gasteiger partial charge on any atom is 0.414 e. The van der Waals surface area contributed by atoms with Crippen molar-refractivity contribution < 1.29 is 9.53 Å². The van der Waals surface area contributed by atoms with Crippen molar-refractivity contribution in [2.45, 2.75) is 9.96 Å². The lowest BCUT2D eigenvalue weighted by Crippen LogP contribution is -2.50. The van der Waals surface area contributed by atoms with Crippen molar-refractivity contribution in [1.29, 1.82) is 0 Å². The van der Waals surface area contributed by atoms with Gasteiger partial charge in [-0.05, 0) is 48.5 Å². The van der Waals surface area contributed by atoms with Crippen LogP contribution in [0.4, 0.5) is 10.5 Å². The Morgan fingerprint density at radius 3 is 2.17 bits per heavy atom. The van der Waals surface area contributed by atoms with Gasteiger partial charge in [-0.15, -0.1) is 0 Å². The molecular weight excluding hydrogens is 462 g/mol. The monoisotopic (exact) mass is 470 g/mol. The molecule has 2 rings (SSSR count). The van der Waals surface area contributed by atoms with E-state index in [4.69, 9.17) is 51.1 Å². The van der Waals surface area contributed by atoms with Crippen LogP contribution in [0.15, 0.2) is 53.0 Å². The Hall–Kier alpha value is -0.850. The van der Waals surface area contributed by atoms with E-state index in [-0.39, 0.29) is 0 Å². The second-order valence-corrected chi connectivity index (χ2v) is 8.33. The van der Waals surface area contributed by atoms with Crippen LogP contribution in [0.3, 0.4) is 0 Å². The molecule has 0 heterocycles. The van der Waals surface area contributed by atoms with Gasteiger partial charge in [0.2, 0.25) is 3.79 Å². The fourth-order valence-electron chi connectivity index (χ4n) is 1.67. The highest BCUT2D eigenvalue weighted by Gasteiger charge is 2.34. The average molecular weight is 473 g/mol. The van der Waals surface area contributed by atoms with Gasteiger partial charge in [0.25, 0.3) is 0 Å². The van der Waals surface area contributed by atoms with Gasteiger partial charge < -0.3 is 10.1 Å². The zero-order valence-corrected chi connectivity index (χ0v) is 16.5. The number of carbonyl (C=O) groups is 1. The van der Waals surface area contributed by atoms with E-state index < -0.39 is 16.1 Å². The summed E-state index contributed by atoms with van der Waals surface area (Å²) in [6, 6.07) is 13.4. The number of rotatable bonds is 4. The first-order valence-corrected chi connectivity index (χ1v) is 8.87. The van der Waals surface area contributed by atoms with Gasteiger partial charge in [0.05, 0.1) is 0 Å². The summed E-state index contributed by atoms with van der Waals surface area (Å²) in [5.41, 5.74) is 0.611. The second kappa shape index (κ2) is 8.50. The highest BCUT2D eigenvalue weighted by molar-refractivity contribution is 9.10. The highest BCUT2D eigenvalue weighted by atomic mass is 79.9. The Bertz CT molecular complexity index is 690. The number of amides is 1. The zero-order valence-electron chi connectivity index (χ0n) is 11.9. The number of halogens is 5. The summed E-state index contributed by atoms with van der Waals surface area (Å²) < 4.78 is 4.20. The summed E-state index contributed by atoms with van der Waals surface area (Å²) in [6.45, 7) is 0. The maximum atomic E-state index is 12.0. The summed E-state index contributed by atoms with van der Waals surface area (Å²) in [7, 11) is 0. The summed E-state index contributed by atoms with van der Waals surface area (Å²) in [4.78, 5) is 12.0. The molecule has 4 nitrogen and oxygen atoms in total. The zero-order chi connectivity index (χ0) is 17.7. The molecule has 0 aliphatic heterocycles. The third kappa shape index (κ3) is 6.22. The smallest absolute Gasteiger partial charge is 0.410 e. The third-order valence-corrected chi connectivity index (χ3v) is 4.20. The van der Waals surface area contributed by atoms with E-state index >= 15 is 0 Å². The van der Waals surface area contributed by atoms with Crippen LogP contribution < -0.4 is 15.4 Å². The fraction of sp³-hybridized carbons (Fsp3) is 0.133. The van der Waals surface area contributed by atoms with E-state index in [0.717, 1.165) is 4.47 Å². The number of alkyl halides is 3. The first-order valence-electron chi connectivity index (χ1n) is 6.57. The maximum absolute atomic E-state index is 12.0. The van der Waals surface area contributed by atoms with Crippen molar-refractivity contribution in [3.63, 3.8) is 0 Å². The van der Waals surface area contributed by atoms with E-state index in [1.807, 2.05) is 0 Å². The standard InChI is InChI=1S/C15H11BrCl4N2O2/c16-9-1-7-12(8-2-9)24-14(23)22-13(15(18,19)20)21-11-5-3-10(17)4-6-11/h1-8,13,21H,(H,22,23). The van der Waals surface area contributed by atoms with Crippen molar-refractivity contribution >= 4 is 74.1 Å². The molecule has 0 saturated heterocycles. The first kappa shape index (κ1) is 19.5. The summed E-state index contributed by atoms with van der Waals surface area (Å²) in [5, 5.41) is 5.93. The molecule has 2 aromatic rings. The van der Waals surface area contributed by atoms with Crippen LogP contribution in [0.5, 0.6) is 5.75 Å². The van der Waals surface area contributed by atoms with Crippen molar-refractivity contribution in [1.82, 2.24) is 5.32 Å². The predicted octanol–water partition coefficient (Wildman–Crippen LogP) is 6.00. The van der Waals surface area contributed by atoms with E-state index in [9.17, 15) is 4.79 Å². The molecule has 0 bridgehead atoms. The highest BCUT2D eigenvalue weighted by Crippen LogP contribution is 2.31. The Balaban J connectivity index is 2.04. The lowest BCUT2D eigenvalue weighted by Gasteiger charge is -2.27. The molecule has 0 fully saturated rings. The number of benzene rings is 2.